The number of carbonyl (C=O) groups is 6. The lowest BCUT2D eigenvalue weighted by Crippen LogP contribution is -2.48. The van der Waals surface area contributed by atoms with E-state index in [1.807, 2.05) is 92.8 Å². The van der Waals surface area contributed by atoms with Gasteiger partial charge in [-0.05, 0) is 187 Å². The fourth-order valence-electron chi connectivity index (χ4n) is 15.0. The van der Waals surface area contributed by atoms with Crippen LogP contribution in [0.1, 0.15) is 161 Å². The van der Waals surface area contributed by atoms with Crippen LogP contribution in [0.4, 0.5) is 16.2 Å². The van der Waals surface area contributed by atoms with Crippen LogP contribution >= 0.6 is 0 Å². The Kier molecular flexibility index (Phi) is 26.5. The number of amides is 5. The van der Waals surface area contributed by atoms with E-state index in [1.165, 1.54) is 16.7 Å². The summed E-state index contributed by atoms with van der Waals surface area (Å²) in [6.07, 6.45) is 11.5. The van der Waals surface area contributed by atoms with Gasteiger partial charge in [-0.1, -0.05) is 74.5 Å². The summed E-state index contributed by atoms with van der Waals surface area (Å²) in [6.45, 7) is 31.9. The molecule has 2 saturated carbocycles. The number of piperazine rings is 2. The van der Waals surface area contributed by atoms with E-state index in [0.29, 0.717) is 76.9 Å². The third-order valence-corrected chi connectivity index (χ3v) is 21.9. The van der Waals surface area contributed by atoms with E-state index in [2.05, 4.69) is 128 Å². The molecular weight excluding hydrogens is 1390 g/mol. The number of ether oxygens (including phenoxy) is 3. The van der Waals surface area contributed by atoms with Crippen LogP contribution in [0.15, 0.2) is 97.3 Å². The SMILES string of the molecule is CC(C)(C)OC(=O)N1CCNCC1.CCc1nc2c(cnn2CC)c(NC2CCOCC2)c1CNC(=O)C1(C(=O)NCc2ccc(C)c(-c3cccc(C=O)c3)c2)CC1.CCc1nc2c(cnn2CC)c(NC2CCOCC2)c1CNC(=O)C1(C(=O)NCc2ccc(C)c(-c3cccc(CN4CCNCC4)c3)c2)CC1. The number of hydrogen-bond donors (Lipinski definition) is 8. The number of nitrogens with zero attached hydrogens (tertiary/aromatic N) is 8. The molecule has 110 heavy (non-hydrogen) atoms. The summed E-state index contributed by atoms with van der Waals surface area (Å²) >= 11 is 0. The van der Waals surface area contributed by atoms with Gasteiger partial charge in [-0.3, -0.25) is 28.9 Å². The minimum Gasteiger partial charge on any atom is -0.444 e. The minimum absolute atomic E-state index is 0.200. The summed E-state index contributed by atoms with van der Waals surface area (Å²) < 4.78 is 20.2. The summed E-state index contributed by atoms with van der Waals surface area (Å²) in [5, 5.41) is 37.6. The number of benzene rings is 4. The standard InChI is InChI=1S/C40H52N8O3.C36H42N6O4.C9H18N2O2/c1-4-35-33(36(45-31-11-19-51-20-12-31)34-25-44-48(5-2)37(34)46-35)24-43-39(50)40(13-14-40)38(49)42-23-28-10-9-27(3)32(22-28)30-8-6-7-29(21-30)26-47-17-15-41-16-18-47;1-4-31-29(32(40-27-11-15-46-16-12-27)30-21-39-42(5-2)33(30)41-31)20-38-35(45)36(13-14-36)34(44)37-19-24-10-9-23(3)28(18-24)26-8-6-7-25(17-26)22-43;1-9(2,3)13-8(12)11-6-4-10-5-7-11/h6-10,21-22,25,31,41H,4-5,11-20,23-24,26H2,1-3H3,(H,42,49)(H,43,50)(H,45,46);6-10,17-18,21-22,27H,4-5,11-16,19-20H2,1-3H3,(H,37,44)(H,38,45)(H,40,41);10H,4-7H2,1-3H3. The molecule has 6 aliphatic rings. The van der Waals surface area contributed by atoms with Crippen LogP contribution in [0.5, 0.6) is 0 Å². The van der Waals surface area contributed by atoms with Crippen molar-refractivity contribution in [1.29, 1.82) is 0 Å². The van der Waals surface area contributed by atoms with Crippen LogP contribution in [0, 0.1) is 24.7 Å². The molecular formula is C85H112N16O9. The van der Waals surface area contributed by atoms with E-state index < -0.39 is 10.8 Å². The number of pyridine rings is 2. The number of aldehydes is 1. The van der Waals surface area contributed by atoms with Crippen molar-refractivity contribution < 1.29 is 43.0 Å². The Balaban J connectivity index is 0.000000177. The van der Waals surface area contributed by atoms with Gasteiger partial charge in [0.25, 0.3) is 0 Å². The third-order valence-electron chi connectivity index (χ3n) is 21.9. The van der Waals surface area contributed by atoms with Gasteiger partial charge in [0.15, 0.2) is 11.3 Å². The highest BCUT2D eigenvalue weighted by molar-refractivity contribution is 6.09. The van der Waals surface area contributed by atoms with Gasteiger partial charge in [-0.15, -0.1) is 0 Å². The number of nitrogens with one attached hydrogen (secondary N) is 8. The molecule has 4 aromatic carbocycles. The molecule has 5 amide bonds. The van der Waals surface area contributed by atoms with Gasteiger partial charge in [0.2, 0.25) is 23.6 Å². The third kappa shape index (κ3) is 19.4. The van der Waals surface area contributed by atoms with Gasteiger partial charge in [0, 0.05) is 165 Å². The van der Waals surface area contributed by atoms with Crippen LogP contribution in [-0.4, -0.2) is 172 Å². The van der Waals surface area contributed by atoms with Crippen molar-refractivity contribution in [3.05, 3.63) is 153 Å². The molecule has 8 N–H and O–H groups in total. The Labute approximate surface area is 646 Å². The van der Waals surface area contributed by atoms with E-state index in [-0.39, 0.29) is 60.5 Å². The molecule has 4 aliphatic heterocycles. The average molecular weight is 1500 g/mol. The molecule has 586 valence electrons. The molecule has 4 saturated heterocycles. The van der Waals surface area contributed by atoms with Crippen LogP contribution in [0.25, 0.3) is 44.3 Å². The first-order chi connectivity index (χ1) is 53.2. The van der Waals surface area contributed by atoms with E-state index in [1.54, 1.807) is 11.0 Å². The Bertz CT molecular complexity index is 4570. The normalized spacial score (nSPS) is 17.0. The monoisotopic (exact) mass is 1500 g/mol. The molecule has 0 bridgehead atoms. The van der Waals surface area contributed by atoms with Crippen molar-refractivity contribution in [3.63, 3.8) is 0 Å². The second-order valence-electron chi connectivity index (χ2n) is 30.9. The highest BCUT2D eigenvalue weighted by Gasteiger charge is 2.57. The Morgan fingerprint density at radius 2 is 0.991 bits per heavy atom. The summed E-state index contributed by atoms with van der Waals surface area (Å²) in [5.41, 5.74) is 15.2. The quantitative estimate of drug-likeness (QED) is 0.0195. The molecule has 8 heterocycles. The molecule has 0 unspecified atom stereocenters. The van der Waals surface area contributed by atoms with Crippen molar-refractivity contribution >= 4 is 69.4 Å². The van der Waals surface area contributed by atoms with Crippen molar-refractivity contribution in [2.24, 2.45) is 10.8 Å². The topological polar surface area (TPSA) is 294 Å². The number of aromatic nitrogens is 6. The average Bonchev–Trinajstić information content (AvgIpc) is 1.61. The van der Waals surface area contributed by atoms with Gasteiger partial charge in [-0.2, -0.15) is 10.2 Å². The maximum atomic E-state index is 13.8. The smallest absolute Gasteiger partial charge is 0.410 e. The fourth-order valence-corrected chi connectivity index (χ4v) is 15.0. The zero-order chi connectivity index (χ0) is 77.5. The van der Waals surface area contributed by atoms with Crippen LogP contribution in [0.2, 0.25) is 0 Å². The second kappa shape index (κ2) is 36.5. The highest BCUT2D eigenvalue weighted by Crippen LogP contribution is 2.48. The van der Waals surface area contributed by atoms with E-state index >= 15 is 0 Å². The lowest BCUT2D eigenvalue weighted by molar-refractivity contribution is -0.138. The molecule has 25 nitrogen and oxygen atoms in total. The number of rotatable bonds is 25. The molecule has 0 atom stereocenters. The minimum atomic E-state index is -1.07. The molecule has 0 spiro atoms. The van der Waals surface area contributed by atoms with Crippen LogP contribution in [0.3, 0.4) is 0 Å². The largest absolute Gasteiger partial charge is 0.444 e. The van der Waals surface area contributed by atoms with Gasteiger partial charge in [0.05, 0.1) is 34.5 Å². The van der Waals surface area contributed by atoms with Gasteiger partial charge in [0.1, 0.15) is 22.7 Å². The molecule has 6 fully saturated rings. The van der Waals surface area contributed by atoms with Gasteiger partial charge in [-0.25, -0.2) is 24.1 Å². The number of fused-ring (bicyclic) bond motifs is 2. The van der Waals surface area contributed by atoms with Crippen LogP contribution in [-0.2, 0) is 92.0 Å². The zero-order valence-electron chi connectivity index (χ0n) is 65.7. The van der Waals surface area contributed by atoms with Crippen molar-refractivity contribution in [1.82, 2.24) is 71.2 Å². The lowest BCUT2D eigenvalue weighted by atomic mass is 9.96. The molecule has 8 aromatic rings. The predicted octanol–water partition coefficient (Wildman–Crippen LogP) is 10.6. The zero-order valence-corrected chi connectivity index (χ0v) is 65.7. The van der Waals surface area contributed by atoms with Gasteiger partial charge >= 0.3 is 6.09 Å². The number of anilines is 2. The number of carbonyl (C=O) groups excluding carboxylic acids is 6. The first-order valence-electron chi connectivity index (χ1n) is 39.8. The molecule has 25 heteroatoms. The summed E-state index contributed by atoms with van der Waals surface area (Å²) in [4.78, 5) is 91.5. The Hall–Kier alpha value is -9.66. The predicted molar refractivity (Wildman–Crippen MR) is 428 cm³/mol. The molecule has 14 rings (SSSR count). The summed E-state index contributed by atoms with van der Waals surface area (Å²) in [7, 11) is 0. The first-order valence-corrected chi connectivity index (χ1v) is 39.8. The van der Waals surface area contributed by atoms with Crippen molar-refractivity contribution in [3.8, 4) is 22.3 Å². The van der Waals surface area contributed by atoms with Crippen molar-refractivity contribution in [2.75, 3.05) is 89.4 Å². The van der Waals surface area contributed by atoms with Crippen LogP contribution < -0.4 is 42.5 Å². The molecule has 4 aromatic heterocycles. The first kappa shape index (κ1) is 79.9. The lowest BCUT2D eigenvalue weighted by Gasteiger charge is -2.30. The summed E-state index contributed by atoms with van der Waals surface area (Å²) in [6, 6.07) is 29.1. The molecule has 2 aliphatic carbocycles. The van der Waals surface area contributed by atoms with Gasteiger partial charge < -0.3 is 61.6 Å². The fraction of sp³-hybridized carbons (Fsp3) is 0.506. The Morgan fingerprint density at radius 3 is 1.42 bits per heavy atom. The molecule has 0 radical (unpaired) electrons. The van der Waals surface area contributed by atoms with E-state index in [4.69, 9.17) is 24.2 Å². The maximum absolute atomic E-state index is 13.8. The number of aryl methyl sites for hydroxylation is 6. The summed E-state index contributed by atoms with van der Waals surface area (Å²) in [5.74, 6) is -0.962. The maximum Gasteiger partial charge on any atom is 0.410 e. The highest BCUT2D eigenvalue weighted by atomic mass is 16.6. The Morgan fingerprint density at radius 1 is 0.555 bits per heavy atom. The van der Waals surface area contributed by atoms with E-state index in [9.17, 15) is 28.8 Å². The second-order valence-corrected chi connectivity index (χ2v) is 30.9. The van der Waals surface area contributed by atoms with E-state index in [0.717, 1.165) is 200 Å². The number of hydrogen-bond acceptors (Lipinski definition) is 18. The van der Waals surface area contributed by atoms with Crippen molar-refractivity contribution in [2.45, 2.75) is 190 Å².